The molecule has 152 valence electrons. The van der Waals surface area contributed by atoms with Gasteiger partial charge in [-0.15, -0.1) is 0 Å². The minimum absolute atomic E-state index is 0.0283. The Kier molecular flexibility index (Phi) is 5.29. The quantitative estimate of drug-likeness (QED) is 0.637. The van der Waals surface area contributed by atoms with Crippen LogP contribution in [0.5, 0.6) is 17.4 Å². The molecule has 1 aliphatic rings. The molecular weight excluding hydrogens is 370 g/mol. The van der Waals surface area contributed by atoms with Crippen molar-refractivity contribution in [2.45, 2.75) is 44.2 Å². The summed E-state index contributed by atoms with van der Waals surface area (Å²) in [6, 6.07) is 8.64. The fourth-order valence-electron chi connectivity index (χ4n) is 4.02. The molecule has 0 saturated heterocycles. The minimum atomic E-state index is -0.490. The number of methoxy groups -OCH3 is 1. The number of fused-ring (bicyclic) bond motifs is 1. The molecule has 1 aliphatic carbocycles. The Morgan fingerprint density at radius 1 is 1.31 bits per heavy atom. The molecule has 1 unspecified atom stereocenters. The molecule has 1 aromatic carbocycles. The molecule has 0 spiro atoms. The zero-order chi connectivity index (χ0) is 20.4. The third kappa shape index (κ3) is 3.85. The zero-order valence-electron chi connectivity index (χ0n) is 16.4. The smallest absolute Gasteiger partial charge is 0.219 e. The van der Waals surface area contributed by atoms with Crippen LogP contribution in [0.15, 0.2) is 42.7 Å². The monoisotopic (exact) mass is 395 g/mol. The number of nitrogens with two attached hydrogens (primary N) is 1. The fourth-order valence-corrected chi connectivity index (χ4v) is 4.02. The molecule has 29 heavy (non-hydrogen) atoms. The summed E-state index contributed by atoms with van der Waals surface area (Å²) < 4.78 is 13.3. The lowest BCUT2D eigenvalue weighted by Gasteiger charge is -2.21. The van der Waals surface area contributed by atoms with Crippen LogP contribution in [-0.4, -0.2) is 33.8 Å². The van der Waals surface area contributed by atoms with E-state index in [2.05, 4.69) is 4.98 Å². The summed E-state index contributed by atoms with van der Waals surface area (Å²) >= 11 is 0. The van der Waals surface area contributed by atoms with Crippen LogP contribution < -0.4 is 15.2 Å². The SMILES string of the molecule is COc1cc(C(CC(N)=O)n2cc3ncccc3c2O)ccc1OC1CCCC1. The molecule has 7 nitrogen and oxygen atoms in total. The molecule has 3 aromatic rings. The Morgan fingerprint density at radius 3 is 2.79 bits per heavy atom. The number of aromatic hydroxyl groups is 1. The van der Waals surface area contributed by atoms with Crippen molar-refractivity contribution >= 4 is 16.8 Å². The number of benzene rings is 1. The highest BCUT2D eigenvalue weighted by Gasteiger charge is 2.24. The zero-order valence-corrected chi connectivity index (χ0v) is 16.4. The van der Waals surface area contributed by atoms with Crippen LogP contribution in [-0.2, 0) is 4.79 Å². The van der Waals surface area contributed by atoms with Gasteiger partial charge in [-0.05, 0) is 55.5 Å². The van der Waals surface area contributed by atoms with Crippen molar-refractivity contribution in [2.75, 3.05) is 7.11 Å². The summed E-state index contributed by atoms with van der Waals surface area (Å²) in [6.45, 7) is 0. The van der Waals surface area contributed by atoms with Crippen LogP contribution in [0.4, 0.5) is 0 Å². The van der Waals surface area contributed by atoms with Gasteiger partial charge in [-0.25, -0.2) is 0 Å². The third-order valence-corrected chi connectivity index (χ3v) is 5.48. The predicted molar refractivity (Wildman–Crippen MR) is 109 cm³/mol. The summed E-state index contributed by atoms with van der Waals surface area (Å²) in [4.78, 5) is 16.1. The van der Waals surface area contributed by atoms with Gasteiger partial charge in [0.2, 0.25) is 11.8 Å². The average Bonchev–Trinajstić information content (AvgIpc) is 3.35. The molecule has 3 N–H and O–H groups in total. The number of amides is 1. The molecule has 0 radical (unpaired) electrons. The van der Waals surface area contributed by atoms with Gasteiger partial charge in [-0.3, -0.25) is 9.78 Å². The number of pyridine rings is 1. The minimum Gasteiger partial charge on any atom is -0.494 e. The van der Waals surface area contributed by atoms with E-state index in [1.807, 2.05) is 18.2 Å². The first kappa shape index (κ1) is 19.1. The van der Waals surface area contributed by atoms with Gasteiger partial charge in [-0.1, -0.05) is 6.07 Å². The largest absolute Gasteiger partial charge is 0.494 e. The Labute approximate surface area is 169 Å². The topological polar surface area (TPSA) is 99.6 Å². The highest BCUT2D eigenvalue weighted by molar-refractivity contribution is 5.84. The van der Waals surface area contributed by atoms with E-state index in [4.69, 9.17) is 15.2 Å². The van der Waals surface area contributed by atoms with Gasteiger partial charge < -0.3 is 24.9 Å². The standard InChI is InChI=1S/C22H25N3O4/c1-28-20-11-14(8-9-19(20)29-15-5-2-3-6-15)18(12-21(23)26)25-13-17-16(22(25)27)7-4-10-24-17/h4,7-11,13,15,18,27H,2-3,5-6,12H2,1H3,(H2,23,26). The van der Waals surface area contributed by atoms with Gasteiger partial charge in [0.1, 0.15) is 0 Å². The first-order valence-electron chi connectivity index (χ1n) is 9.84. The maximum absolute atomic E-state index is 11.8. The first-order valence-corrected chi connectivity index (χ1v) is 9.84. The van der Waals surface area contributed by atoms with Gasteiger partial charge in [0.05, 0.1) is 36.6 Å². The van der Waals surface area contributed by atoms with Crippen molar-refractivity contribution in [3.8, 4) is 17.4 Å². The van der Waals surface area contributed by atoms with Crippen molar-refractivity contribution in [3.63, 3.8) is 0 Å². The van der Waals surface area contributed by atoms with Gasteiger partial charge >= 0.3 is 0 Å². The number of nitrogens with zero attached hydrogens (tertiary/aromatic N) is 2. The average molecular weight is 395 g/mol. The van der Waals surface area contributed by atoms with Crippen LogP contribution in [0.2, 0.25) is 0 Å². The van der Waals surface area contributed by atoms with Gasteiger partial charge in [0.25, 0.3) is 0 Å². The van der Waals surface area contributed by atoms with E-state index in [1.165, 1.54) is 12.8 Å². The van der Waals surface area contributed by atoms with E-state index >= 15 is 0 Å². The van der Waals surface area contributed by atoms with E-state index < -0.39 is 11.9 Å². The molecule has 2 aromatic heterocycles. The summed E-state index contributed by atoms with van der Waals surface area (Å²) in [6.07, 6.45) is 8.08. The number of carbonyl (C=O) groups is 1. The van der Waals surface area contributed by atoms with Crippen molar-refractivity contribution in [2.24, 2.45) is 5.73 Å². The highest BCUT2D eigenvalue weighted by atomic mass is 16.5. The molecule has 1 saturated carbocycles. The Morgan fingerprint density at radius 2 is 2.10 bits per heavy atom. The molecule has 1 fully saturated rings. The molecule has 1 atom stereocenters. The summed E-state index contributed by atoms with van der Waals surface area (Å²) in [5, 5.41) is 11.3. The van der Waals surface area contributed by atoms with Crippen molar-refractivity contribution in [1.29, 1.82) is 0 Å². The van der Waals surface area contributed by atoms with Crippen LogP contribution in [0.1, 0.15) is 43.7 Å². The first-order chi connectivity index (χ1) is 14.1. The molecule has 2 heterocycles. The summed E-state index contributed by atoms with van der Waals surface area (Å²) in [7, 11) is 1.59. The third-order valence-electron chi connectivity index (χ3n) is 5.48. The number of aromatic nitrogens is 2. The number of primary amides is 1. The van der Waals surface area contributed by atoms with Gasteiger partial charge in [-0.2, -0.15) is 0 Å². The highest BCUT2D eigenvalue weighted by Crippen LogP contribution is 2.38. The summed E-state index contributed by atoms with van der Waals surface area (Å²) in [5.74, 6) is 0.859. The molecule has 7 heteroatoms. The number of hydrogen-bond donors (Lipinski definition) is 2. The van der Waals surface area contributed by atoms with Gasteiger partial charge in [0.15, 0.2) is 11.5 Å². The van der Waals surface area contributed by atoms with Crippen molar-refractivity contribution in [1.82, 2.24) is 9.55 Å². The molecular formula is C22H25N3O4. The summed E-state index contributed by atoms with van der Waals surface area (Å²) in [5.41, 5.74) is 6.95. The number of ether oxygens (including phenoxy) is 2. The van der Waals surface area contributed by atoms with E-state index in [1.54, 1.807) is 36.2 Å². The number of rotatable bonds is 7. The van der Waals surface area contributed by atoms with Crippen molar-refractivity contribution in [3.05, 3.63) is 48.3 Å². The Hall–Kier alpha value is -3.22. The second-order valence-corrected chi connectivity index (χ2v) is 7.42. The van der Waals surface area contributed by atoms with Crippen molar-refractivity contribution < 1.29 is 19.4 Å². The predicted octanol–water partition coefficient (Wildman–Crippen LogP) is 3.54. The molecule has 0 aliphatic heterocycles. The van der Waals surface area contributed by atoms with Crippen LogP contribution in [0.3, 0.4) is 0 Å². The van der Waals surface area contributed by atoms with E-state index in [0.717, 1.165) is 18.4 Å². The van der Waals surface area contributed by atoms with E-state index in [-0.39, 0.29) is 18.4 Å². The van der Waals surface area contributed by atoms with Crippen LogP contribution in [0.25, 0.3) is 10.9 Å². The number of hydrogen-bond acceptors (Lipinski definition) is 5. The normalized spacial score (nSPS) is 15.5. The maximum Gasteiger partial charge on any atom is 0.219 e. The lowest BCUT2D eigenvalue weighted by atomic mass is 10.0. The molecule has 4 rings (SSSR count). The lowest BCUT2D eigenvalue weighted by molar-refractivity contribution is -0.118. The Balaban J connectivity index is 1.72. The molecule has 1 amide bonds. The van der Waals surface area contributed by atoms with Gasteiger partial charge in [0, 0.05) is 12.4 Å². The number of carbonyl (C=O) groups excluding carboxylic acids is 1. The fraction of sp³-hybridized carbons (Fsp3) is 0.364. The van der Waals surface area contributed by atoms with E-state index in [9.17, 15) is 9.90 Å². The second-order valence-electron chi connectivity index (χ2n) is 7.42. The Bertz CT molecular complexity index is 1020. The van der Waals surface area contributed by atoms with E-state index in [0.29, 0.717) is 22.4 Å². The molecule has 0 bridgehead atoms. The second kappa shape index (κ2) is 8.03. The lowest BCUT2D eigenvalue weighted by Crippen LogP contribution is -2.20. The van der Waals surface area contributed by atoms with Crippen LogP contribution in [0, 0.1) is 0 Å². The van der Waals surface area contributed by atoms with Crippen LogP contribution >= 0.6 is 0 Å². The maximum atomic E-state index is 11.8.